The van der Waals surface area contributed by atoms with Gasteiger partial charge in [0.1, 0.15) is 0 Å². The standard InChI is InChI=1S/C21H25NO5/c1-15-7-4-5-8-17(15)13-22-19(23)14-27-20(24)12-11-16-9-6-10-18(25-2)21(16)26-3/h4-10H,11-14H2,1-3H3,(H,22,23). The second-order valence-electron chi connectivity index (χ2n) is 6.02. The van der Waals surface area contributed by atoms with E-state index < -0.39 is 5.97 Å². The lowest BCUT2D eigenvalue weighted by Crippen LogP contribution is -2.28. The average molecular weight is 371 g/mol. The summed E-state index contributed by atoms with van der Waals surface area (Å²) in [6, 6.07) is 13.3. The summed E-state index contributed by atoms with van der Waals surface area (Å²) in [5.74, 6) is 0.444. The first kappa shape index (κ1) is 20.3. The van der Waals surface area contributed by atoms with Crippen molar-refractivity contribution in [1.82, 2.24) is 5.32 Å². The highest BCUT2D eigenvalue weighted by molar-refractivity contribution is 5.80. The normalized spacial score (nSPS) is 10.2. The number of para-hydroxylation sites is 1. The minimum absolute atomic E-state index is 0.147. The van der Waals surface area contributed by atoms with E-state index in [1.54, 1.807) is 20.3 Å². The van der Waals surface area contributed by atoms with Crippen molar-refractivity contribution in [3.8, 4) is 11.5 Å². The Morgan fingerprint density at radius 2 is 1.70 bits per heavy atom. The molecule has 6 heteroatoms. The van der Waals surface area contributed by atoms with Gasteiger partial charge in [-0.15, -0.1) is 0 Å². The molecule has 144 valence electrons. The van der Waals surface area contributed by atoms with E-state index in [1.165, 1.54) is 0 Å². The van der Waals surface area contributed by atoms with Crippen LogP contribution in [0.5, 0.6) is 11.5 Å². The van der Waals surface area contributed by atoms with Gasteiger partial charge in [-0.25, -0.2) is 0 Å². The van der Waals surface area contributed by atoms with Gasteiger partial charge in [-0.05, 0) is 36.1 Å². The second kappa shape index (κ2) is 10.2. The maximum Gasteiger partial charge on any atom is 0.306 e. The van der Waals surface area contributed by atoms with Crippen molar-refractivity contribution in [2.45, 2.75) is 26.3 Å². The molecule has 0 radical (unpaired) electrons. The van der Waals surface area contributed by atoms with E-state index in [4.69, 9.17) is 14.2 Å². The van der Waals surface area contributed by atoms with Crippen molar-refractivity contribution in [1.29, 1.82) is 0 Å². The number of benzene rings is 2. The number of methoxy groups -OCH3 is 2. The number of ether oxygens (including phenoxy) is 3. The van der Waals surface area contributed by atoms with Crippen LogP contribution in [0.15, 0.2) is 42.5 Å². The van der Waals surface area contributed by atoms with E-state index in [0.717, 1.165) is 16.7 Å². The van der Waals surface area contributed by atoms with Gasteiger partial charge in [-0.1, -0.05) is 36.4 Å². The average Bonchev–Trinajstić information content (AvgIpc) is 2.69. The molecule has 0 aliphatic carbocycles. The summed E-state index contributed by atoms with van der Waals surface area (Å²) >= 11 is 0. The van der Waals surface area contributed by atoms with Gasteiger partial charge in [0, 0.05) is 13.0 Å². The molecule has 0 aromatic heterocycles. The quantitative estimate of drug-likeness (QED) is 0.686. The number of rotatable bonds is 9. The first-order chi connectivity index (χ1) is 13.0. The van der Waals surface area contributed by atoms with Crippen molar-refractivity contribution in [3.05, 3.63) is 59.2 Å². The SMILES string of the molecule is COc1cccc(CCC(=O)OCC(=O)NCc2ccccc2C)c1OC. The molecular weight excluding hydrogens is 346 g/mol. The lowest BCUT2D eigenvalue weighted by atomic mass is 10.1. The van der Waals surface area contributed by atoms with Crippen molar-refractivity contribution in [2.75, 3.05) is 20.8 Å². The fraction of sp³-hybridized carbons (Fsp3) is 0.333. The number of carbonyl (C=O) groups is 2. The topological polar surface area (TPSA) is 73.9 Å². The highest BCUT2D eigenvalue weighted by atomic mass is 16.5. The summed E-state index contributed by atoms with van der Waals surface area (Å²) in [7, 11) is 3.11. The van der Waals surface area contributed by atoms with Gasteiger partial charge in [0.05, 0.1) is 14.2 Å². The number of hydrogen-bond donors (Lipinski definition) is 1. The Morgan fingerprint density at radius 1 is 0.963 bits per heavy atom. The molecule has 0 unspecified atom stereocenters. The predicted octanol–water partition coefficient (Wildman–Crippen LogP) is 2.80. The fourth-order valence-electron chi connectivity index (χ4n) is 2.66. The highest BCUT2D eigenvalue weighted by Gasteiger charge is 2.13. The molecule has 0 fully saturated rings. The molecular formula is C21H25NO5. The van der Waals surface area contributed by atoms with Gasteiger partial charge < -0.3 is 19.5 Å². The van der Waals surface area contributed by atoms with Crippen molar-refractivity contribution >= 4 is 11.9 Å². The van der Waals surface area contributed by atoms with E-state index in [9.17, 15) is 9.59 Å². The zero-order valence-corrected chi connectivity index (χ0v) is 15.9. The third-order valence-electron chi connectivity index (χ3n) is 4.18. The minimum atomic E-state index is -0.439. The first-order valence-corrected chi connectivity index (χ1v) is 8.71. The zero-order chi connectivity index (χ0) is 19.6. The molecule has 0 atom stereocenters. The van der Waals surface area contributed by atoms with Crippen LogP contribution in [0.25, 0.3) is 0 Å². The fourth-order valence-corrected chi connectivity index (χ4v) is 2.66. The summed E-state index contributed by atoms with van der Waals surface area (Å²) in [6.45, 7) is 2.10. The molecule has 27 heavy (non-hydrogen) atoms. The lowest BCUT2D eigenvalue weighted by Gasteiger charge is -2.12. The van der Waals surface area contributed by atoms with E-state index >= 15 is 0 Å². The van der Waals surface area contributed by atoms with Gasteiger partial charge in [-0.2, -0.15) is 0 Å². The minimum Gasteiger partial charge on any atom is -0.493 e. The maximum atomic E-state index is 11.9. The summed E-state index contributed by atoms with van der Waals surface area (Å²) < 4.78 is 15.6. The Hall–Kier alpha value is -3.02. The van der Waals surface area contributed by atoms with Crippen LogP contribution in [-0.2, 0) is 27.3 Å². The number of amides is 1. The predicted molar refractivity (Wildman–Crippen MR) is 102 cm³/mol. The van der Waals surface area contributed by atoms with Crippen LogP contribution in [0, 0.1) is 6.92 Å². The van der Waals surface area contributed by atoms with E-state index in [-0.39, 0.29) is 18.9 Å². The molecule has 0 saturated carbocycles. The molecule has 2 aromatic rings. The van der Waals surface area contributed by atoms with Gasteiger partial charge in [-0.3, -0.25) is 9.59 Å². The Bertz CT molecular complexity index is 788. The molecule has 0 aliphatic heterocycles. The van der Waals surface area contributed by atoms with Crippen LogP contribution in [0.2, 0.25) is 0 Å². The van der Waals surface area contributed by atoms with Crippen LogP contribution >= 0.6 is 0 Å². The van der Waals surface area contributed by atoms with Crippen molar-refractivity contribution in [3.63, 3.8) is 0 Å². The summed E-state index contributed by atoms with van der Waals surface area (Å²) in [5.41, 5.74) is 2.97. The first-order valence-electron chi connectivity index (χ1n) is 8.71. The summed E-state index contributed by atoms with van der Waals surface area (Å²) in [6.07, 6.45) is 0.582. The Balaban J connectivity index is 1.76. The lowest BCUT2D eigenvalue weighted by molar-refractivity contribution is -0.148. The van der Waals surface area contributed by atoms with E-state index in [0.29, 0.717) is 24.5 Å². The largest absolute Gasteiger partial charge is 0.493 e. The zero-order valence-electron chi connectivity index (χ0n) is 15.9. The number of nitrogens with one attached hydrogen (secondary N) is 1. The highest BCUT2D eigenvalue weighted by Crippen LogP contribution is 2.31. The van der Waals surface area contributed by atoms with Crippen LogP contribution in [-0.4, -0.2) is 32.7 Å². The Morgan fingerprint density at radius 3 is 2.41 bits per heavy atom. The molecule has 0 spiro atoms. The van der Waals surface area contributed by atoms with Crippen LogP contribution in [0.3, 0.4) is 0 Å². The molecule has 1 N–H and O–H groups in total. The Labute approximate surface area is 159 Å². The van der Waals surface area contributed by atoms with Crippen LogP contribution < -0.4 is 14.8 Å². The molecule has 6 nitrogen and oxygen atoms in total. The van der Waals surface area contributed by atoms with Crippen LogP contribution in [0.4, 0.5) is 0 Å². The third kappa shape index (κ3) is 6.02. The van der Waals surface area contributed by atoms with Crippen molar-refractivity contribution < 1.29 is 23.8 Å². The molecule has 0 saturated heterocycles. The molecule has 1 amide bonds. The molecule has 0 bridgehead atoms. The summed E-state index contributed by atoms with van der Waals surface area (Å²) in [5, 5.41) is 2.75. The third-order valence-corrected chi connectivity index (χ3v) is 4.18. The van der Waals surface area contributed by atoms with Gasteiger partial charge in [0.2, 0.25) is 0 Å². The maximum absolute atomic E-state index is 11.9. The number of carbonyl (C=O) groups excluding carboxylic acids is 2. The number of esters is 1. The number of hydrogen-bond acceptors (Lipinski definition) is 5. The van der Waals surface area contributed by atoms with Crippen molar-refractivity contribution in [2.24, 2.45) is 0 Å². The van der Waals surface area contributed by atoms with Gasteiger partial charge >= 0.3 is 5.97 Å². The van der Waals surface area contributed by atoms with Gasteiger partial charge in [0.15, 0.2) is 18.1 Å². The smallest absolute Gasteiger partial charge is 0.306 e. The summed E-state index contributed by atoms with van der Waals surface area (Å²) in [4.78, 5) is 23.8. The monoisotopic (exact) mass is 371 g/mol. The Kier molecular flexibility index (Phi) is 7.67. The molecule has 2 aromatic carbocycles. The van der Waals surface area contributed by atoms with Crippen LogP contribution in [0.1, 0.15) is 23.1 Å². The molecule has 0 aliphatic rings. The van der Waals surface area contributed by atoms with Gasteiger partial charge in [0.25, 0.3) is 5.91 Å². The number of aryl methyl sites for hydroxylation is 2. The molecule has 0 heterocycles. The van der Waals surface area contributed by atoms with E-state index in [2.05, 4.69) is 5.32 Å². The molecule has 2 rings (SSSR count). The van der Waals surface area contributed by atoms with E-state index in [1.807, 2.05) is 43.3 Å². The second-order valence-corrected chi connectivity index (χ2v) is 6.02.